The zero-order valence-corrected chi connectivity index (χ0v) is 13.1. The van der Waals surface area contributed by atoms with Crippen LogP contribution < -0.4 is 0 Å². The van der Waals surface area contributed by atoms with E-state index in [1.54, 1.807) is 16.8 Å². The maximum Gasteiger partial charge on any atom is 0.0570 e. The summed E-state index contributed by atoms with van der Waals surface area (Å²) in [6.07, 6.45) is 12.5. The van der Waals surface area contributed by atoms with Crippen molar-refractivity contribution in [2.24, 2.45) is 16.3 Å². The Morgan fingerprint density at radius 1 is 1.48 bits per heavy atom. The van der Waals surface area contributed by atoms with Crippen LogP contribution in [0.4, 0.5) is 0 Å². The van der Waals surface area contributed by atoms with Crippen LogP contribution >= 0.6 is 0 Å². The van der Waals surface area contributed by atoms with Crippen LogP contribution in [0.5, 0.6) is 0 Å². The summed E-state index contributed by atoms with van der Waals surface area (Å²) in [5.41, 5.74) is 6.48. The average molecular weight is 280 g/mol. The largest absolute Gasteiger partial charge is 0.367 e. The van der Waals surface area contributed by atoms with Gasteiger partial charge in [0.15, 0.2) is 0 Å². The fraction of sp³-hybridized carbons (Fsp3) is 0.526. The molecule has 0 aromatic carbocycles. The molecule has 0 N–H and O–H groups in total. The van der Waals surface area contributed by atoms with Crippen LogP contribution in [0.25, 0.3) is 0 Å². The number of hydrogen-bond donors (Lipinski definition) is 0. The third kappa shape index (κ3) is 1.62. The van der Waals surface area contributed by atoms with Crippen LogP contribution in [0.3, 0.4) is 0 Å². The van der Waals surface area contributed by atoms with E-state index in [2.05, 4.69) is 54.8 Å². The van der Waals surface area contributed by atoms with E-state index in [4.69, 9.17) is 0 Å². The monoisotopic (exact) mass is 280 g/mol. The summed E-state index contributed by atoms with van der Waals surface area (Å²) in [6, 6.07) is 0.601. The molecule has 2 aliphatic heterocycles. The van der Waals surface area contributed by atoms with Gasteiger partial charge in [0, 0.05) is 29.9 Å². The molecule has 0 saturated carbocycles. The smallest absolute Gasteiger partial charge is 0.0570 e. The molecule has 0 fully saturated rings. The van der Waals surface area contributed by atoms with Crippen molar-refractivity contribution < 1.29 is 0 Å². The molecule has 0 radical (unpaired) electrons. The van der Waals surface area contributed by atoms with E-state index in [1.165, 1.54) is 24.8 Å². The summed E-state index contributed by atoms with van der Waals surface area (Å²) in [5, 5.41) is 0. The predicted octanol–water partition coefficient (Wildman–Crippen LogP) is 3.89. The lowest BCUT2D eigenvalue weighted by atomic mass is 9.66. The van der Waals surface area contributed by atoms with Gasteiger partial charge in [0.05, 0.1) is 6.54 Å². The first-order chi connectivity index (χ1) is 10.2. The molecule has 0 aromatic rings. The Balaban J connectivity index is 1.97. The molecule has 4 aliphatic rings. The summed E-state index contributed by atoms with van der Waals surface area (Å²) in [6.45, 7) is 10.6. The standard InChI is InChI=1S/C19H24N2/c1-4-10-21-17-8-7-16-14-6-5-9-20-12-19(16,3)13(2)18(21)11-15(14)17/h4-6,12-13,18H,1,7-11H2,2-3H3. The Morgan fingerprint density at radius 3 is 3.14 bits per heavy atom. The van der Waals surface area contributed by atoms with Crippen molar-refractivity contribution in [3.8, 4) is 0 Å². The van der Waals surface area contributed by atoms with Gasteiger partial charge in [0.2, 0.25) is 0 Å². The van der Waals surface area contributed by atoms with E-state index in [0.29, 0.717) is 12.0 Å². The van der Waals surface area contributed by atoms with Crippen LogP contribution in [-0.2, 0) is 0 Å². The van der Waals surface area contributed by atoms with Crippen LogP contribution in [0, 0.1) is 11.3 Å². The van der Waals surface area contributed by atoms with Gasteiger partial charge >= 0.3 is 0 Å². The maximum absolute atomic E-state index is 4.68. The van der Waals surface area contributed by atoms with Gasteiger partial charge in [-0.3, -0.25) is 4.99 Å². The highest BCUT2D eigenvalue weighted by Crippen LogP contribution is 2.56. The van der Waals surface area contributed by atoms with E-state index >= 15 is 0 Å². The van der Waals surface area contributed by atoms with Gasteiger partial charge < -0.3 is 4.90 Å². The van der Waals surface area contributed by atoms with Gasteiger partial charge in [0.25, 0.3) is 0 Å². The zero-order valence-electron chi connectivity index (χ0n) is 13.1. The van der Waals surface area contributed by atoms with Gasteiger partial charge in [-0.25, -0.2) is 0 Å². The van der Waals surface area contributed by atoms with E-state index in [-0.39, 0.29) is 5.41 Å². The minimum Gasteiger partial charge on any atom is -0.367 e. The van der Waals surface area contributed by atoms with Gasteiger partial charge in [-0.15, -0.1) is 6.58 Å². The van der Waals surface area contributed by atoms with Gasteiger partial charge in [-0.05, 0) is 36.3 Å². The molecule has 2 nitrogen and oxygen atoms in total. The maximum atomic E-state index is 4.68. The second-order valence-corrected chi connectivity index (χ2v) is 7.00. The number of hydrogen-bond acceptors (Lipinski definition) is 2. The number of nitrogens with zero attached hydrogens (tertiary/aromatic N) is 2. The van der Waals surface area contributed by atoms with Gasteiger partial charge in [-0.1, -0.05) is 37.6 Å². The highest BCUT2D eigenvalue weighted by molar-refractivity contribution is 5.75. The highest BCUT2D eigenvalue weighted by atomic mass is 15.2. The molecule has 0 aromatic heterocycles. The molecule has 21 heavy (non-hydrogen) atoms. The molecule has 0 spiro atoms. The molecule has 2 aliphatic carbocycles. The lowest BCUT2D eigenvalue weighted by Gasteiger charge is -2.46. The second-order valence-electron chi connectivity index (χ2n) is 7.00. The average Bonchev–Trinajstić information content (AvgIpc) is 2.80. The molecule has 5 bridgehead atoms. The summed E-state index contributed by atoms with van der Waals surface area (Å²) < 4.78 is 0. The molecule has 0 saturated heterocycles. The van der Waals surface area contributed by atoms with Crippen LogP contribution in [-0.4, -0.2) is 30.2 Å². The van der Waals surface area contributed by atoms with Crippen LogP contribution in [0.15, 0.2) is 52.2 Å². The number of aliphatic imine (C=N–C) groups is 1. The second kappa shape index (κ2) is 4.46. The third-order valence-corrected chi connectivity index (χ3v) is 6.12. The summed E-state index contributed by atoms with van der Waals surface area (Å²) >= 11 is 0. The minimum absolute atomic E-state index is 0.109. The lowest BCUT2D eigenvalue weighted by Crippen LogP contribution is -2.46. The summed E-state index contributed by atoms with van der Waals surface area (Å²) in [7, 11) is 0. The van der Waals surface area contributed by atoms with Crippen LogP contribution in [0.1, 0.15) is 33.1 Å². The van der Waals surface area contributed by atoms with Crippen molar-refractivity contribution in [2.75, 3.05) is 13.1 Å². The van der Waals surface area contributed by atoms with Crippen molar-refractivity contribution in [1.82, 2.24) is 4.90 Å². The third-order valence-electron chi connectivity index (χ3n) is 6.12. The molecule has 4 rings (SSSR count). The van der Waals surface area contributed by atoms with Gasteiger partial charge in [-0.2, -0.15) is 0 Å². The van der Waals surface area contributed by atoms with Gasteiger partial charge in [0.1, 0.15) is 0 Å². The first-order valence-electron chi connectivity index (χ1n) is 8.18. The Hall–Kier alpha value is -1.57. The van der Waals surface area contributed by atoms with Crippen LogP contribution in [0.2, 0.25) is 0 Å². The SMILES string of the molecule is C=CCN1C2=C3CC1C(C)C1(C)C=NCC=CC3=C1CC2. The molecular weight excluding hydrogens is 256 g/mol. The normalized spacial score (nSPS) is 37.0. The number of allylic oxidation sites excluding steroid dienone is 4. The van der Waals surface area contributed by atoms with E-state index in [9.17, 15) is 0 Å². The van der Waals surface area contributed by atoms with E-state index < -0.39 is 0 Å². The van der Waals surface area contributed by atoms with E-state index in [1.807, 2.05) is 0 Å². The lowest BCUT2D eigenvalue weighted by molar-refractivity contribution is 0.162. The van der Waals surface area contributed by atoms with E-state index in [0.717, 1.165) is 13.1 Å². The molecule has 110 valence electrons. The fourth-order valence-corrected chi connectivity index (χ4v) is 4.87. The summed E-state index contributed by atoms with van der Waals surface area (Å²) in [4.78, 5) is 7.31. The predicted molar refractivity (Wildman–Crippen MR) is 88.4 cm³/mol. The Morgan fingerprint density at radius 2 is 2.33 bits per heavy atom. The first kappa shape index (κ1) is 13.1. The van der Waals surface area contributed by atoms with Crippen molar-refractivity contribution >= 4 is 6.21 Å². The van der Waals surface area contributed by atoms with Crippen molar-refractivity contribution in [2.45, 2.75) is 39.2 Å². The Bertz CT molecular complexity index is 619. The first-order valence-corrected chi connectivity index (χ1v) is 8.18. The molecule has 2 heterocycles. The molecular formula is C19H24N2. The minimum atomic E-state index is 0.109. The number of likely N-dealkylation sites (tertiary alicyclic amines) is 1. The molecule has 0 amide bonds. The fourth-order valence-electron chi connectivity index (χ4n) is 4.87. The highest BCUT2D eigenvalue weighted by Gasteiger charge is 2.50. The topological polar surface area (TPSA) is 15.6 Å². The quantitative estimate of drug-likeness (QED) is 0.701. The Labute approximate surface area is 127 Å². The number of fused-ring (bicyclic) bond motifs is 1. The molecule has 3 unspecified atom stereocenters. The Kier molecular flexibility index (Phi) is 2.79. The summed E-state index contributed by atoms with van der Waals surface area (Å²) in [5.74, 6) is 0.591. The number of rotatable bonds is 2. The molecule has 3 atom stereocenters. The molecule has 2 heteroatoms. The zero-order chi connectivity index (χ0) is 14.6. The van der Waals surface area contributed by atoms with Crippen molar-refractivity contribution in [3.05, 3.63) is 47.2 Å². The van der Waals surface area contributed by atoms with Crippen molar-refractivity contribution in [1.29, 1.82) is 0 Å². The van der Waals surface area contributed by atoms with Crippen molar-refractivity contribution in [3.63, 3.8) is 0 Å².